The molecule has 0 spiro atoms. The zero-order chi connectivity index (χ0) is 18.1. The van der Waals surface area contributed by atoms with Crippen molar-refractivity contribution in [2.75, 3.05) is 0 Å². The molecule has 0 radical (unpaired) electrons. The minimum absolute atomic E-state index is 0.302. The molecule has 6 nitrogen and oxygen atoms in total. The van der Waals surface area contributed by atoms with Gasteiger partial charge in [0.2, 0.25) is 23.5 Å². The van der Waals surface area contributed by atoms with Crippen LogP contribution in [0.4, 0.5) is 0 Å². The average molecular weight is 346 g/mol. The van der Waals surface area contributed by atoms with E-state index in [1.807, 2.05) is 57.2 Å². The summed E-state index contributed by atoms with van der Waals surface area (Å²) in [5.41, 5.74) is 5.25. The Bertz CT molecular complexity index is 1040. The molecule has 0 saturated carbocycles. The maximum Gasteiger partial charge on any atom is 0.247 e. The molecular formula is C20H18N4O2. The maximum atomic E-state index is 5.77. The van der Waals surface area contributed by atoms with Crippen molar-refractivity contribution in [1.82, 2.24) is 20.3 Å². The van der Waals surface area contributed by atoms with Gasteiger partial charge in [0.05, 0.1) is 0 Å². The Hall–Kier alpha value is -3.28. The van der Waals surface area contributed by atoms with Crippen molar-refractivity contribution in [2.24, 2.45) is 0 Å². The highest BCUT2D eigenvalue weighted by Gasteiger charge is 2.15. The second-order valence-corrected chi connectivity index (χ2v) is 6.38. The molecule has 0 N–H and O–H groups in total. The van der Waals surface area contributed by atoms with Crippen molar-refractivity contribution in [3.63, 3.8) is 0 Å². The van der Waals surface area contributed by atoms with Crippen molar-refractivity contribution >= 4 is 0 Å². The minimum Gasteiger partial charge on any atom is -0.420 e. The third kappa shape index (κ3) is 3.26. The molecule has 26 heavy (non-hydrogen) atoms. The van der Waals surface area contributed by atoms with Gasteiger partial charge in [-0.3, -0.25) is 0 Å². The zero-order valence-corrected chi connectivity index (χ0v) is 14.9. The van der Waals surface area contributed by atoms with Gasteiger partial charge >= 0.3 is 0 Å². The van der Waals surface area contributed by atoms with Crippen molar-refractivity contribution < 1.29 is 8.94 Å². The van der Waals surface area contributed by atoms with Crippen LogP contribution < -0.4 is 0 Å². The molecule has 6 heteroatoms. The summed E-state index contributed by atoms with van der Waals surface area (Å²) in [5.74, 6) is 1.94. The van der Waals surface area contributed by atoms with Gasteiger partial charge in [-0.05, 0) is 38.5 Å². The van der Waals surface area contributed by atoms with Crippen molar-refractivity contribution in [2.45, 2.75) is 27.2 Å². The van der Waals surface area contributed by atoms with Crippen molar-refractivity contribution in [1.29, 1.82) is 0 Å². The lowest BCUT2D eigenvalue weighted by Gasteiger charge is -1.99. The summed E-state index contributed by atoms with van der Waals surface area (Å²) >= 11 is 0. The van der Waals surface area contributed by atoms with Gasteiger partial charge in [-0.2, -0.15) is 4.98 Å². The lowest BCUT2D eigenvalue weighted by molar-refractivity contribution is 0.374. The average Bonchev–Trinajstić information content (AvgIpc) is 3.24. The number of nitrogens with zero attached hydrogens (tertiary/aromatic N) is 4. The molecule has 2 aromatic carbocycles. The van der Waals surface area contributed by atoms with Crippen LogP contribution in [0.2, 0.25) is 0 Å². The largest absolute Gasteiger partial charge is 0.420 e. The molecule has 4 rings (SSSR count). The van der Waals surface area contributed by atoms with Gasteiger partial charge in [-0.15, -0.1) is 10.2 Å². The molecule has 4 aromatic rings. The van der Waals surface area contributed by atoms with Gasteiger partial charge in [-0.1, -0.05) is 46.6 Å². The van der Waals surface area contributed by atoms with Crippen LogP contribution >= 0.6 is 0 Å². The first-order valence-corrected chi connectivity index (χ1v) is 8.38. The van der Waals surface area contributed by atoms with E-state index in [4.69, 9.17) is 8.94 Å². The van der Waals surface area contributed by atoms with Crippen molar-refractivity contribution in [3.8, 4) is 22.8 Å². The number of hydrogen-bond donors (Lipinski definition) is 0. The van der Waals surface area contributed by atoms with Gasteiger partial charge in [0, 0.05) is 11.1 Å². The smallest absolute Gasteiger partial charge is 0.247 e. The van der Waals surface area contributed by atoms with E-state index in [1.54, 1.807) is 0 Å². The second kappa shape index (κ2) is 6.55. The van der Waals surface area contributed by atoms with Crippen LogP contribution in [0.25, 0.3) is 22.8 Å². The Morgan fingerprint density at radius 1 is 0.885 bits per heavy atom. The third-order valence-corrected chi connectivity index (χ3v) is 4.09. The fourth-order valence-corrected chi connectivity index (χ4v) is 2.93. The molecule has 0 saturated heterocycles. The topological polar surface area (TPSA) is 77.8 Å². The van der Waals surface area contributed by atoms with E-state index in [2.05, 4.69) is 26.4 Å². The van der Waals surface area contributed by atoms with E-state index in [1.165, 1.54) is 0 Å². The van der Waals surface area contributed by atoms with Crippen LogP contribution in [0, 0.1) is 20.8 Å². The Morgan fingerprint density at radius 2 is 1.65 bits per heavy atom. The highest BCUT2D eigenvalue weighted by atomic mass is 16.5. The molecule has 0 aliphatic rings. The molecule has 0 aliphatic heterocycles. The quantitative estimate of drug-likeness (QED) is 0.548. The molecule has 0 bridgehead atoms. The number of hydrogen-bond acceptors (Lipinski definition) is 6. The van der Waals surface area contributed by atoms with E-state index in [9.17, 15) is 0 Å². The third-order valence-electron chi connectivity index (χ3n) is 4.09. The van der Waals surface area contributed by atoms with Crippen LogP contribution in [0.1, 0.15) is 28.5 Å². The first-order chi connectivity index (χ1) is 12.6. The Morgan fingerprint density at radius 3 is 2.42 bits per heavy atom. The summed E-state index contributed by atoms with van der Waals surface area (Å²) in [6, 6.07) is 14.1. The molecule has 2 heterocycles. The lowest BCUT2D eigenvalue weighted by atomic mass is 10.1. The normalized spacial score (nSPS) is 11.0. The SMILES string of the molecule is Cc1cc(C)cc(-c2nnc(Cc3nc(-c4ccccc4C)no3)o2)c1. The molecule has 0 aliphatic carbocycles. The molecule has 130 valence electrons. The van der Waals surface area contributed by atoms with Crippen LogP contribution in [-0.2, 0) is 6.42 Å². The molecule has 0 fully saturated rings. The van der Waals surface area contributed by atoms with E-state index in [-0.39, 0.29) is 0 Å². The van der Waals surface area contributed by atoms with Gasteiger partial charge in [0.25, 0.3) is 0 Å². The first kappa shape index (κ1) is 16.2. The van der Waals surface area contributed by atoms with Gasteiger partial charge in [0.1, 0.15) is 6.42 Å². The van der Waals surface area contributed by atoms with Crippen LogP contribution in [0.5, 0.6) is 0 Å². The highest BCUT2D eigenvalue weighted by molar-refractivity contribution is 5.59. The molecule has 0 unspecified atom stereocenters. The van der Waals surface area contributed by atoms with Gasteiger partial charge in [-0.25, -0.2) is 0 Å². The van der Waals surface area contributed by atoms with Crippen LogP contribution in [0.15, 0.2) is 51.4 Å². The maximum absolute atomic E-state index is 5.77. The monoisotopic (exact) mass is 346 g/mol. The highest BCUT2D eigenvalue weighted by Crippen LogP contribution is 2.23. The van der Waals surface area contributed by atoms with E-state index < -0.39 is 0 Å². The van der Waals surface area contributed by atoms with E-state index >= 15 is 0 Å². The first-order valence-electron chi connectivity index (χ1n) is 8.38. The fourth-order valence-electron chi connectivity index (χ4n) is 2.93. The molecule has 0 atom stereocenters. The predicted molar refractivity (Wildman–Crippen MR) is 96.5 cm³/mol. The number of aryl methyl sites for hydroxylation is 3. The lowest BCUT2D eigenvalue weighted by Crippen LogP contribution is -1.89. The summed E-state index contributed by atoms with van der Waals surface area (Å²) in [5, 5.41) is 12.3. The van der Waals surface area contributed by atoms with Gasteiger partial charge < -0.3 is 8.94 Å². The summed E-state index contributed by atoms with van der Waals surface area (Å²) in [6.45, 7) is 6.10. The number of rotatable bonds is 4. The number of aromatic nitrogens is 4. The summed E-state index contributed by atoms with van der Waals surface area (Å²) in [6.07, 6.45) is 0.302. The van der Waals surface area contributed by atoms with E-state index in [0.717, 1.165) is 27.8 Å². The zero-order valence-electron chi connectivity index (χ0n) is 14.9. The fraction of sp³-hybridized carbons (Fsp3) is 0.200. The second-order valence-electron chi connectivity index (χ2n) is 6.38. The Labute approximate surface area is 150 Å². The molecule has 0 amide bonds. The van der Waals surface area contributed by atoms with E-state index in [0.29, 0.717) is 29.9 Å². The van der Waals surface area contributed by atoms with Crippen LogP contribution in [0.3, 0.4) is 0 Å². The molecule has 2 aromatic heterocycles. The molecular weight excluding hydrogens is 328 g/mol. The summed E-state index contributed by atoms with van der Waals surface area (Å²) in [7, 11) is 0. The minimum atomic E-state index is 0.302. The number of benzene rings is 2. The summed E-state index contributed by atoms with van der Waals surface area (Å²) in [4.78, 5) is 4.44. The Kier molecular flexibility index (Phi) is 4.08. The van der Waals surface area contributed by atoms with Gasteiger partial charge in [0.15, 0.2) is 0 Å². The Balaban J connectivity index is 1.56. The van der Waals surface area contributed by atoms with Crippen LogP contribution in [-0.4, -0.2) is 20.3 Å². The predicted octanol–water partition coefficient (Wildman–Crippen LogP) is 4.30. The standard InChI is InChI=1S/C20H18N4O2/c1-12-8-13(2)10-15(9-12)20-23-22-18(25-20)11-17-21-19(24-26-17)16-7-5-4-6-14(16)3/h4-10H,11H2,1-3H3. The summed E-state index contributed by atoms with van der Waals surface area (Å²) < 4.78 is 11.1. The van der Waals surface area contributed by atoms with Crippen molar-refractivity contribution in [3.05, 3.63) is 70.9 Å².